The molecule has 0 amide bonds. The molecule has 26 heavy (non-hydrogen) atoms. The Balaban J connectivity index is 1.84. The van der Waals surface area contributed by atoms with E-state index in [0.29, 0.717) is 13.2 Å². The van der Waals surface area contributed by atoms with Crippen molar-refractivity contribution in [1.29, 1.82) is 0 Å². The van der Waals surface area contributed by atoms with E-state index >= 15 is 0 Å². The first-order valence-electron chi connectivity index (χ1n) is 7.65. The van der Waals surface area contributed by atoms with Gasteiger partial charge < -0.3 is 18.5 Å². The van der Waals surface area contributed by atoms with E-state index < -0.39 is 10.9 Å². The molecule has 2 aromatic rings. The van der Waals surface area contributed by atoms with Gasteiger partial charge in [-0.05, 0) is 93.0 Å². The molecule has 1 aliphatic heterocycles. The van der Waals surface area contributed by atoms with Crippen molar-refractivity contribution in [3.63, 3.8) is 0 Å². The van der Waals surface area contributed by atoms with Crippen LogP contribution in [0.5, 0.6) is 11.5 Å². The molecule has 1 heterocycles. The minimum Gasteiger partial charge on any atom is -0.497 e. The molecule has 0 saturated carbocycles. The molecule has 1 fully saturated rings. The molecule has 2 atom stereocenters. The summed E-state index contributed by atoms with van der Waals surface area (Å²) in [5.74, 6) is 1.60. The lowest BCUT2D eigenvalue weighted by molar-refractivity contribution is 0.255. The Morgan fingerprint density at radius 3 is 1.38 bits per heavy atom. The minimum absolute atomic E-state index is 0.436. The third-order valence-corrected chi connectivity index (χ3v) is 21.4. The van der Waals surface area contributed by atoms with Crippen molar-refractivity contribution >= 4 is 66.0 Å². The molecule has 0 N–H and O–H groups in total. The van der Waals surface area contributed by atoms with E-state index in [1.807, 2.05) is 48.5 Å². The molecule has 0 aromatic heterocycles. The van der Waals surface area contributed by atoms with Crippen LogP contribution in [0.2, 0.25) is 0 Å². The fraction of sp³-hybridized carbons (Fsp3) is 0.250. The van der Waals surface area contributed by atoms with E-state index in [9.17, 15) is 0 Å². The van der Waals surface area contributed by atoms with Crippen molar-refractivity contribution in [3.8, 4) is 11.5 Å². The summed E-state index contributed by atoms with van der Waals surface area (Å²) in [6.07, 6.45) is 0. The molecule has 0 aliphatic carbocycles. The lowest BCUT2D eigenvalue weighted by Crippen LogP contribution is -2.12. The van der Waals surface area contributed by atoms with Crippen LogP contribution in [0, 0.1) is 0 Å². The Morgan fingerprint density at radius 2 is 1.08 bits per heavy atom. The molecule has 0 bridgehead atoms. The molecule has 1 aliphatic rings. The minimum atomic E-state index is -2.27. The maximum Gasteiger partial charge on any atom is 0.159 e. The molecule has 140 valence electrons. The highest BCUT2D eigenvalue weighted by Crippen LogP contribution is 2.76. The third-order valence-electron chi connectivity index (χ3n) is 3.61. The van der Waals surface area contributed by atoms with Crippen molar-refractivity contribution in [2.75, 3.05) is 27.4 Å². The molecule has 3 rings (SSSR count). The van der Waals surface area contributed by atoms with E-state index in [-0.39, 0.29) is 0 Å². The number of ether oxygens (including phenoxy) is 2. The van der Waals surface area contributed by atoms with E-state index in [4.69, 9.17) is 42.1 Å². The monoisotopic (exact) mass is 464 g/mol. The number of hydrogen-bond acceptors (Lipinski definition) is 8. The zero-order valence-electron chi connectivity index (χ0n) is 14.2. The Bertz CT molecular complexity index is 771. The van der Waals surface area contributed by atoms with E-state index in [1.165, 1.54) is 0 Å². The average molecular weight is 465 g/mol. The van der Waals surface area contributed by atoms with E-state index in [1.54, 1.807) is 35.0 Å². The van der Waals surface area contributed by atoms with Crippen LogP contribution in [0.25, 0.3) is 0 Å². The van der Waals surface area contributed by atoms with Crippen molar-refractivity contribution in [2.45, 2.75) is 0 Å². The number of benzene rings is 2. The quantitative estimate of drug-likeness (QED) is 0.476. The fourth-order valence-electron chi connectivity index (χ4n) is 2.21. The molecule has 0 spiro atoms. The molecular formula is C16H18O4P2S4. The van der Waals surface area contributed by atoms with Gasteiger partial charge >= 0.3 is 0 Å². The predicted octanol–water partition coefficient (Wildman–Crippen LogP) is 4.70. The van der Waals surface area contributed by atoms with Gasteiger partial charge in [0.2, 0.25) is 0 Å². The van der Waals surface area contributed by atoms with Crippen molar-refractivity contribution in [2.24, 2.45) is 0 Å². The summed E-state index contributed by atoms with van der Waals surface area (Å²) < 4.78 is 22.6. The summed E-state index contributed by atoms with van der Waals surface area (Å²) in [6.45, 7) is 0.872. The molecule has 2 aromatic carbocycles. The Kier molecular flexibility index (Phi) is 7.14. The van der Waals surface area contributed by atoms with Gasteiger partial charge in [0.05, 0.1) is 27.4 Å². The van der Waals surface area contributed by atoms with Crippen LogP contribution < -0.4 is 20.1 Å². The van der Waals surface area contributed by atoms with Crippen LogP contribution in [0.3, 0.4) is 0 Å². The lowest BCUT2D eigenvalue weighted by atomic mass is 10.3. The summed E-state index contributed by atoms with van der Waals surface area (Å²) >= 11 is 11.8. The van der Waals surface area contributed by atoms with Crippen LogP contribution in [0.1, 0.15) is 0 Å². The second-order valence-corrected chi connectivity index (χ2v) is 20.2. The Labute approximate surface area is 171 Å². The molecule has 4 nitrogen and oxygen atoms in total. The Hall–Kier alpha value is -0.0400. The van der Waals surface area contributed by atoms with Crippen molar-refractivity contribution in [1.82, 2.24) is 0 Å². The topological polar surface area (TPSA) is 36.9 Å². The van der Waals surface area contributed by atoms with Gasteiger partial charge in [0.25, 0.3) is 0 Å². The number of hydrogen-bond donors (Lipinski definition) is 0. The van der Waals surface area contributed by atoms with Crippen molar-refractivity contribution in [3.05, 3.63) is 48.5 Å². The second kappa shape index (κ2) is 8.97. The fourth-order valence-corrected chi connectivity index (χ4v) is 21.3. The average Bonchev–Trinajstić information content (AvgIpc) is 2.69. The van der Waals surface area contributed by atoms with Gasteiger partial charge in [-0.2, -0.15) is 0 Å². The van der Waals surface area contributed by atoms with E-state index in [2.05, 4.69) is 0 Å². The summed E-state index contributed by atoms with van der Waals surface area (Å²) in [6, 6.07) is 15.6. The molecular weight excluding hydrogens is 446 g/mol. The van der Waals surface area contributed by atoms with Crippen LogP contribution >= 0.6 is 31.8 Å². The molecule has 10 heteroatoms. The molecule has 0 unspecified atom stereocenters. The SMILES string of the molecule is COc1ccc([P@@]2(=S)OCCO[P@](=S)(c3ccc(OC)cc3)SS2)cc1. The number of methoxy groups -OCH3 is 2. The standard InChI is InChI=1S/C16H18O4P2S4/c1-17-13-3-7-15(8-4-13)21(23)19-11-12-20-22(24,26-25-21)16-9-5-14(18-2)6-10-16/h3-10H,11-12H2,1-2H3/t21-,22-/m0/s1. The predicted molar refractivity (Wildman–Crippen MR) is 121 cm³/mol. The van der Waals surface area contributed by atoms with Gasteiger partial charge in [-0.15, -0.1) is 0 Å². The van der Waals surface area contributed by atoms with E-state index in [0.717, 1.165) is 22.1 Å². The zero-order valence-corrected chi connectivity index (χ0v) is 19.2. The second-order valence-electron chi connectivity index (χ2n) is 5.21. The van der Waals surface area contributed by atoms with Gasteiger partial charge in [0.15, 0.2) is 10.9 Å². The van der Waals surface area contributed by atoms with Gasteiger partial charge in [0.1, 0.15) is 11.5 Å². The highest BCUT2D eigenvalue weighted by molar-refractivity contribution is 9.19. The summed E-state index contributed by atoms with van der Waals surface area (Å²) in [4.78, 5) is 0. The maximum absolute atomic E-state index is 6.05. The summed E-state index contributed by atoms with van der Waals surface area (Å²) in [5.41, 5.74) is -4.54. The normalized spacial score (nSPS) is 26.5. The first kappa shape index (κ1) is 20.7. The molecule has 0 radical (unpaired) electrons. The first-order chi connectivity index (χ1) is 12.5. The molecule has 1 saturated heterocycles. The maximum atomic E-state index is 6.05. The van der Waals surface area contributed by atoms with Crippen molar-refractivity contribution < 1.29 is 18.5 Å². The number of rotatable bonds is 4. The van der Waals surface area contributed by atoms with Crippen LogP contribution in [-0.2, 0) is 32.7 Å². The summed E-state index contributed by atoms with van der Waals surface area (Å²) in [5, 5.41) is 2.01. The third kappa shape index (κ3) is 4.68. The summed E-state index contributed by atoms with van der Waals surface area (Å²) in [7, 11) is 6.38. The highest BCUT2D eigenvalue weighted by atomic mass is 33.5. The van der Waals surface area contributed by atoms with Gasteiger partial charge in [0, 0.05) is 10.6 Å². The van der Waals surface area contributed by atoms with Gasteiger partial charge in [-0.1, -0.05) is 0 Å². The van der Waals surface area contributed by atoms with Gasteiger partial charge in [-0.25, -0.2) is 0 Å². The smallest absolute Gasteiger partial charge is 0.159 e. The van der Waals surface area contributed by atoms with Crippen LogP contribution in [-0.4, -0.2) is 27.4 Å². The van der Waals surface area contributed by atoms with Crippen LogP contribution in [0.15, 0.2) is 48.5 Å². The zero-order chi connectivity index (χ0) is 18.6. The highest BCUT2D eigenvalue weighted by Gasteiger charge is 2.32. The lowest BCUT2D eigenvalue weighted by Gasteiger charge is -2.29. The Morgan fingerprint density at radius 1 is 0.731 bits per heavy atom. The van der Waals surface area contributed by atoms with Gasteiger partial charge in [-0.3, -0.25) is 0 Å². The van der Waals surface area contributed by atoms with Crippen LogP contribution in [0.4, 0.5) is 0 Å². The first-order valence-corrected chi connectivity index (χ1v) is 16.5. The largest absolute Gasteiger partial charge is 0.497 e.